The number of nitrogens with two attached hydrogens (primary N) is 1. The zero-order valence-corrected chi connectivity index (χ0v) is 13.5. The predicted octanol–water partition coefficient (Wildman–Crippen LogP) is 2.87. The van der Waals surface area contributed by atoms with Crippen LogP contribution in [0.1, 0.15) is 11.3 Å². The van der Waals surface area contributed by atoms with Gasteiger partial charge in [0.05, 0.1) is 24.2 Å². The second-order valence-electron chi connectivity index (χ2n) is 5.26. The molecule has 0 saturated heterocycles. The normalized spacial score (nSPS) is 17.0. The summed E-state index contributed by atoms with van der Waals surface area (Å²) in [6.45, 7) is 2.89. The summed E-state index contributed by atoms with van der Waals surface area (Å²) in [6, 6.07) is 5.83. The van der Waals surface area contributed by atoms with Gasteiger partial charge in [-0.2, -0.15) is 5.48 Å². The lowest BCUT2D eigenvalue weighted by molar-refractivity contribution is 0.0759. The van der Waals surface area contributed by atoms with E-state index in [1.807, 2.05) is 31.2 Å². The van der Waals surface area contributed by atoms with Crippen LogP contribution in [-0.2, 0) is 4.84 Å². The number of aryl methyl sites for hydroxylation is 1. The molecule has 5 nitrogen and oxygen atoms in total. The van der Waals surface area contributed by atoms with Crippen LogP contribution in [0.3, 0.4) is 0 Å². The van der Waals surface area contributed by atoms with Crippen molar-refractivity contribution in [3.05, 3.63) is 64.7 Å². The first-order chi connectivity index (χ1) is 11.2. The number of nitrogens with zero attached hydrogens (tertiary/aromatic N) is 2. The maximum atomic E-state index is 6.47. The number of hydrogen-bond donors (Lipinski definition) is 2. The first-order valence-electron chi connectivity index (χ1n) is 7.22. The summed E-state index contributed by atoms with van der Waals surface area (Å²) < 4.78 is 0. The number of rotatable bonds is 2. The van der Waals surface area contributed by atoms with Crippen molar-refractivity contribution in [2.45, 2.75) is 6.92 Å². The molecule has 0 aliphatic carbocycles. The fourth-order valence-electron chi connectivity index (χ4n) is 2.32. The van der Waals surface area contributed by atoms with Crippen molar-refractivity contribution in [2.24, 2.45) is 5.73 Å². The Hall–Kier alpha value is -2.21. The lowest BCUT2D eigenvalue weighted by Gasteiger charge is -2.10. The van der Waals surface area contributed by atoms with Crippen LogP contribution < -0.4 is 11.2 Å². The van der Waals surface area contributed by atoms with E-state index in [1.165, 1.54) is 0 Å². The second-order valence-corrected chi connectivity index (χ2v) is 5.67. The third-order valence-corrected chi connectivity index (χ3v) is 3.88. The van der Waals surface area contributed by atoms with E-state index in [0.29, 0.717) is 18.2 Å². The van der Waals surface area contributed by atoms with Gasteiger partial charge in [-0.1, -0.05) is 23.7 Å². The largest absolute Gasteiger partial charge is 0.404 e. The summed E-state index contributed by atoms with van der Waals surface area (Å²) >= 11 is 6.47. The molecule has 0 spiro atoms. The molecule has 0 radical (unpaired) electrons. The van der Waals surface area contributed by atoms with Crippen LogP contribution in [0.2, 0.25) is 5.02 Å². The minimum atomic E-state index is 0.417. The Morgan fingerprint density at radius 3 is 2.87 bits per heavy atom. The molecule has 0 bridgehead atoms. The van der Waals surface area contributed by atoms with Gasteiger partial charge in [0.2, 0.25) is 0 Å². The average molecular weight is 329 g/mol. The third-order valence-electron chi connectivity index (χ3n) is 3.57. The van der Waals surface area contributed by atoms with Gasteiger partial charge in [0.15, 0.2) is 0 Å². The Labute approximate surface area is 139 Å². The van der Waals surface area contributed by atoms with E-state index in [2.05, 4.69) is 15.4 Å². The highest BCUT2D eigenvalue weighted by molar-refractivity contribution is 6.32. The number of hydroxylamine groups is 1. The van der Waals surface area contributed by atoms with Gasteiger partial charge in [0, 0.05) is 23.3 Å². The summed E-state index contributed by atoms with van der Waals surface area (Å²) in [7, 11) is 0. The monoisotopic (exact) mass is 328 g/mol. The van der Waals surface area contributed by atoms with Crippen molar-refractivity contribution in [1.29, 1.82) is 0 Å². The van der Waals surface area contributed by atoms with Crippen molar-refractivity contribution in [3.63, 3.8) is 0 Å². The van der Waals surface area contributed by atoms with Crippen LogP contribution in [0.4, 0.5) is 0 Å². The molecule has 2 aromatic rings. The molecular weight excluding hydrogens is 312 g/mol. The number of halogens is 1. The molecule has 0 fully saturated rings. The molecule has 0 saturated carbocycles. The smallest absolute Gasteiger partial charge is 0.0939 e. The van der Waals surface area contributed by atoms with Crippen LogP contribution in [0, 0.1) is 6.92 Å². The van der Waals surface area contributed by atoms with Crippen LogP contribution in [0.25, 0.3) is 16.8 Å². The van der Waals surface area contributed by atoms with E-state index in [0.717, 1.165) is 33.7 Å². The molecule has 1 aliphatic heterocycles. The highest BCUT2D eigenvalue weighted by atomic mass is 35.5. The lowest BCUT2D eigenvalue weighted by Crippen LogP contribution is -2.15. The van der Waals surface area contributed by atoms with Crippen LogP contribution in [0.15, 0.2) is 48.4 Å². The van der Waals surface area contributed by atoms with Crippen molar-refractivity contribution >= 4 is 17.2 Å². The summed E-state index contributed by atoms with van der Waals surface area (Å²) in [6.07, 6.45) is 7.04. The molecular formula is C17H17ClN4O. The van der Waals surface area contributed by atoms with E-state index in [-0.39, 0.29) is 0 Å². The van der Waals surface area contributed by atoms with Gasteiger partial charge in [-0.05, 0) is 42.0 Å². The summed E-state index contributed by atoms with van der Waals surface area (Å²) in [5, 5.41) is 0.637. The number of nitrogens with one attached hydrogen (secondary N) is 1. The van der Waals surface area contributed by atoms with Gasteiger partial charge < -0.3 is 5.73 Å². The lowest BCUT2D eigenvalue weighted by atomic mass is 10.0. The number of hydrogen-bond acceptors (Lipinski definition) is 5. The van der Waals surface area contributed by atoms with Gasteiger partial charge in [-0.15, -0.1) is 0 Å². The summed E-state index contributed by atoms with van der Waals surface area (Å²) in [5.41, 5.74) is 13.9. The van der Waals surface area contributed by atoms with E-state index in [9.17, 15) is 0 Å². The summed E-state index contributed by atoms with van der Waals surface area (Å²) in [5.74, 6) is 0. The Kier molecular flexibility index (Phi) is 4.71. The molecule has 3 rings (SSSR count). The Bertz CT molecular complexity index is 769. The zero-order valence-electron chi connectivity index (χ0n) is 12.7. The van der Waals surface area contributed by atoms with Gasteiger partial charge in [0.1, 0.15) is 0 Å². The maximum absolute atomic E-state index is 6.47. The maximum Gasteiger partial charge on any atom is 0.0939 e. The van der Waals surface area contributed by atoms with Crippen molar-refractivity contribution in [2.75, 3.05) is 13.2 Å². The first-order valence-corrected chi connectivity index (χ1v) is 7.60. The van der Waals surface area contributed by atoms with Gasteiger partial charge >= 0.3 is 0 Å². The molecule has 1 aliphatic rings. The molecule has 1 aromatic heterocycles. The molecule has 6 heteroatoms. The SMILES string of the molecule is Cc1cnc(-c2ccc(C3=C/C(=C/N)CNOC3)c(Cl)c2)cn1. The fraction of sp³-hybridized carbons (Fsp3) is 0.176. The predicted molar refractivity (Wildman–Crippen MR) is 91.4 cm³/mol. The second kappa shape index (κ2) is 6.91. The topological polar surface area (TPSA) is 73.1 Å². The molecule has 1 aromatic carbocycles. The highest BCUT2D eigenvalue weighted by Gasteiger charge is 2.12. The zero-order chi connectivity index (χ0) is 16.2. The van der Waals surface area contributed by atoms with Gasteiger partial charge in [0.25, 0.3) is 0 Å². The molecule has 2 heterocycles. The molecule has 0 unspecified atom stereocenters. The minimum absolute atomic E-state index is 0.417. The highest BCUT2D eigenvalue weighted by Crippen LogP contribution is 2.30. The van der Waals surface area contributed by atoms with E-state index in [4.69, 9.17) is 22.2 Å². The number of aromatic nitrogens is 2. The average Bonchev–Trinajstić information content (AvgIpc) is 2.81. The Morgan fingerprint density at radius 1 is 1.30 bits per heavy atom. The van der Waals surface area contributed by atoms with Gasteiger partial charge in [-0.3, -0.25) is 14.8 Å². The van der Waals surface area contributed by atoms with Crippen LogP contribution >= 0.6 is 11.6 Å². The quantitative estimate of drug-likeness (QED) is 0.886. The Balaban J connectivity index is 1.96. The van der Waals surface area contributed by atoms with Crippen molar-refractivity contribution in [1.82, 2.24) is 15.4 Å². The molecule has 0 atom stereocenters. The number of benzene rings is 1. The van der Waals surface area contributed by atoms with Crippen LogP contribution in [0.5, 0.6) is 0 Å². The third kappa shape index (κ3) is 3.59. The first kappa shape index (κ1) is 15.7. The van der Waals surface area contributed by atoms with Gasteiger partial charge in [-0.25, -0.2) is 0 Å². The molecule has 0 amide bonds. The summed E-state index contributed by atoms with van der Waals surface area (Å²) in [4.78, 5) is 14.0. The minimum Gasteiger partial charge on any atom is -0.404 e. The van der Waals surface area contributed by atoms with Crippen molar-refractivity contribution < 1.29 is 4.84 Å². The van der Waals surface area contributed by atoms with E-state index >= 15 is 0 Å². The van der Waals surface area contributed by atoms with Crippen molar-refractivity contribution in [3.8, 4) is 11.3 Å². The Morgan fingerprint density at radius 2 is 2.17 bits per heavy atom. The van der Waals surface area contributed by atoms with Crippen LogP contribution in [-0.4, -0.2) is 23.1 Å². The van der Waals surface area contributed by atoms with E-state index < -0.39 is 0 Å². The molecule has 118 valence electrons. The fourth-order valence-corrected chi connectivity index (χ4v) is 2.62. The van der Waals surface area contributed by atoms with E-state index in [1.54, 1.807) is 18.6 Å². The molecule has 23 heavy (non-hydrogen) atoms. The molecule has 3 N–H and O–H groups in total. The standard InChI is InChI=1S/C17H17ClN4O/c1-11-7-21-17(9-20-11)13-2-3-15(16(18)5-13)14-4-12(6-19)8-22-23-10-14/h2-7,9,22H,8,10,19H2,1H3/b12-6-.